The van der Waals surface area contributed by atoms with Crippen molar-refractivity contribution in [3.05, 3.63) is 65.7 Å². The number of rotatable bonds is 6. The van der Waals surface area contributed by atoms with Crippen LogP contribution < -0.4 is 4.74 Å². The molecule has 0 bridgehead atoms. The number of benzene rings is 2. The van der Waals surface area contributed by atoms with E-state index in [1.807, 2.05) is 30.3 Å². The van der Waals surface area contributed by atoms with Crippen LogP contribution in [-0.4, -0.2) is 52.5 Å². The summed E-state index contributed by atoms with van der Waals surface area (Å²) < 4.78 is 33.9. The lowest BCUT2D eigenvalue weighted by Crippen LogP contribution is -2.66. The predicted molar refractivity (Wildman–Crippen MR) is 96.9 cm³/mol. The molecule has 6 heteroatoms. The first-order valence-corrected chi connectivity index (χ1v) is 10.0. The van der Waals surface area contributed by atoms with E-state index in [0.717, 1.165) is 12.0 Å². The first kappa shape index (κ1) is 17.9. The van der Waals surface area contributed by atoms with E-state index in [-0.39, 0.29) is 12.1 Å². The Bertz CT molecular complexity index is 812. The Morgan fingerprint density at radius 2 is 1.56 bits per heavy atom. The van der Waals surface area contributed by atoms with Crippen LogP contribution in [0.3, 0.4) is 0 Å². The molecule has 0 aliphatic carbocycles. The van der Waals surface area contributed by atoms with Crippen molar-refractivity contribution in [1.82, 2.24) is 0 Å². The third-order valence-corrected chi connectivity index (χ3v) is 5.34. The molecule has 1 saturated heterocycles. The number of nitrogens with zero attached hydrogens (tertiary/aromatic N) is 1. The number of ether oxygens (including phenoxy) is 1. The van der Waals surface area contributed by atoms with Gasteiger partial charge in [-0.2, -0.15) is 8.42 Å². The molecule has 1 atom stereocenters. The first-order chi connectivity index (χ1) is 11.8. The molecule has 0 saturated carbocycles. The molecular weight excluding hydrogens is 338 g/mol. The van der Waals surface area contributed by atoms with Gasteiger partial charge in [-0.05, 0) is 24.3 Å². The zero-order chi connectivity index (χ0) is 18.1. The lowest BCUT2D eigenvalue weighted by atomic mass is 9.91. The van der Waals surface area contributed by atoms with Crippen molar-refractivity contribution >= 4 is 10.1 Å². The third-order valence-electron chi connectivity index (χ3n) is 4.72. The summed E-state index contributed by atoms with van der Waals surface area (Å²) in [6.07, 6.45) is 0.845. The van der Waals surface area contributed by atoms with Gasteiger partial charge < -0.3 is 9.22 Å². The highest BCUT2D eigenvalue weighted by atomic mass is 32.2. The van der Waals surface area contributed by atoms with Gasteiger partial charge in [-0.25, -0.2) is 0 Å². The van der Waals surface area contributed by atoms with Gasteiger partial charge in [-0.1, -0.05) is 30.3 Å². The Kier molecular flexibility index (Phi) is 4.86. The van der Waals surface area contributed by atoms with Crippen LogP contribution in [0.5, 0.6) is 5.75 Å². The maximum absolute atomic E-state index is 11.4. The van der Waals surface area contributed by atoms with Gasteiger partial charge in [0.25, 0.3) is 10.1 Å². The zero-order valence-corrected chi connectivity index (χ0v) is 15.6. The fraction of sp³-hybridized carbons (Fsp3) is 0.368. The highest BCUT2D eigenvalue weighted by molar-refractivity contribution is 7.86. The molecule has 0 N–H and O–H groups in total. The zero-order valence-electron chi connectivity index (χ0n) is 14.8. The Morgan fingerprint density at radius 1 is 1.00 bits per heavy atom. The summed E-state index contributed by atoms with van der Waals surface area (Å²) in [7, 11) is 0.371. The molecule has 0 radical (unpaired) electrons. The Hall–Kier alpha value is -1.89. The molecule has 0 spiro atoms. The average molecular weight is 362 g/mol. The molecule has 134 valence electrons. The maximum Gasteiger partial charge on any atom is 0.265 e. The average Bonchev–Trinajstić information content (AvgIpc) is 2.54. The molecule has 2 aromatic carbocycles. The van der Waals surface area contributed by atoms with Crippen molar-refractivity contribution in [2.75, 3.05) is 33.5 Å². The highest BCUT2D eigenvalue weighted by Gasteiger charge is 2.49. The van der Waals surface area contributed by atoms with Gasteiger partial charge >= 0.3 is 0 Å². The number of hydrogen-bond donors (Lipinski definition) is 0. The molecule has 5 nitrogen and oxygen atoms in total. The monoisotopic (exact) mass is 362 g/mol. The normalized spacial score (nSPS) is 24.4. The topological polar surface area (TPSA) is 52.6 Å². The minimum absolute atomic E-state index is 0.117. The third kappa shape index (κ3) is 4.03. The lowest BCUT2D eigenvalue weighted by molar-refractivity contribution is -0.976. The summed E-state index contributed by atoms with van der Waals surface area (Å²) in [5.41, 5.74) is 2.38. The first-order valence-electron chi connectivity index (χ1n) is 8.22. The second-order valence-corrected chi connectivity index (χ2v) is 8.45. The van der Waals surface area contributed by atoms with Gasteiger partial charge in [0.05, 0.1) is 20.4 Å². The van der Waals surface area contributed by atoms with Crippen LogP contribution >= 0.6 is 0 Å². The van der Waals surface area contributed by atoms with Gasteiger partial charge in [0.15, 0.2) is 6.10 Å². The molecule has 2 aromatic rings. The van der Waals surface area contributed by atoms with Crippen molar-refractivity contribution in [2.45, 2.75) is 12.1 Å². The van der Waals surface area contributed by atoms with Crippen LogP contribution in [0, 0.1) is 0 Å². The largest absolute Gasteiger partial charge is 0.497 e. The second-order valence-electron chi connectivity index (χ2n) is 6.85. The molecule has 0 aromatic heterocycles. The van der Waals surface area contributed by atoms with Gasteiger partial charge in [0.1, 0.15) is 24.9 Å². The van der Waals surface area contributed by atoms with Crippen molar-refractivity contribution < 1.29 is 21.8 Å². The fourth-order valence-corrected chi connectivity index (χ4v) is 4.35. The summed E-state index contributed by atoms with van der Waals surface area (Å²) in [4.78, 5) is 0. The maximum atomic E-state index is 11.4. The summed E-state index contributed by atoms with van der Waals surface area (Å²) in [5, 5.41) is 0. The highest BCUT2D eigenvalue weighted by Crippen LogP contribution is 2.39. The van der Waals surface area contributed by atoms with Crippen LogP contribution in [0.4, 0.5) is 0 Å². The number of hydrogen-bond acceptors (Lipinski definition) is 4. The molecular formula is C19H24NO4S+. The van der Waals surface area contributed by atoms with E-state index in [2.05, 4.69) is 31.3 Å². The van der Waals surface area contributed by atoms with Crippen LogP contribution in [0.2, 0.25) is 0 Å². The van der Waals surface area contributed by atoms with Crippen LogP contribution in [0.15, 0.2) is 54.6 Å². The Labute approximate surface area is 149 Å². The van der Waals surface area contributed by atoms with Gasteiger partial charge in [-0.15, -0.1) is 0 Å². The van der Waals surface area contributed by atoms with E-state index < -0.39 is 10.1 Å². The molecule has 1 heterocycles. The smallest absolute Gasteiger partial charge is 0.265 e. The molecule has 1 unspecified atom stereocenters. The summed E-state index contributed by atoms with van der Waals surface area (Å²) in [5.74, 6) is 0.820. The number of quaternary nitrogens is 1. The quantitative estimate of drug-likeness (QED) is 0.585. The molecule has 1 aliphatic heterocycles. The van der Waals surface area contributed by atoms with Gasteiger partial charge in [-0.3, -0.25) is 4.18 Å². The lowest BCUT2D eigenvalue weighted by Gasteiger charge is -2.51. The number of likely N-dealkylation sites (tertiary alicyclic amines) is 1. The molecule has 1 aliphatic rings. The van der Waals surface area contributed by atoms with E-state index >= 15 is 0 Å². The molecule has 1 fully saturated rings. The van der Waals surface area contributed by atoms with E-state index in [0.29, 0.717) is 17.6 Å². The minimum atomic E-state index is -3.42. The summed E-state index contributed by atoms with van der Waals surface area (Å²) in [6, 6.07) is 18.5. The van der Waals surface area contributed by atoms with Gasteiger partial charge in [0, 0.05) is 11.1 Å². The molecule has 25 heavy (non-hydrogen) atoms. The van der Waals surface area contributed by atoms with Crippen LogP contribution in [-0.2, 0) is 14.3 Å². The van der Waals surface area contributed by atoms with Crippen molar-refractivity contribution in [3.8, 4) is 5.75 Å². The number of methoxy groups -OCH3 is 1. The molecule has 0 amide bonds. The molecule has 3 rings (SSSR count). The van der Waals surface area contributed by atoms with E-state index in [9.17, 15) is 8.42 Å². The van der Waals surface area contributed by atoms with E-state index in [1.165, 1.54) is 11.1 Å². The number of likely N-dealkylation sites (N-methyl/N-ethyl adjacent to an activating group) is 1. The Morgan fingerprint density at radius 3 is 2.08 bits per heavy atom. The SMILES string of the molecule is COc1ccc(C(c2ccccc2)[N+]2(C)CC(OS(C)(=O)=O)C2)cc1. The van der Waals surface area contributed by atoms with Crippen molar-refractivity contribution in [3.63, 3.8) is 0 Å². The van der Waals surface area contributed by atoms with Gasteiger partial charge in [0.2, 0.25) is 0 Å². The predicted octanol–water partition coefficient (Wildman–Crippen LogP) is 2.59. The standard InChI is InChI=1S/C19H24NO4S/c1-20(13-18(14-20)24-25(3,21)22)19(15-7-5-4-6-8-15)16-9-11-17(23-2)12-10-16/h4-12,18-19H,13-14H2,1-3H3/q+1. The van der Waals surface area contributed by atoms with E-state index in [1.54, 1.807) is 7.11 Å². The second kappa shape index (κ2) is 6.78. The fourth-order valence-electron chi connectivity index (χ4n) is 3.73. The van der Waals surface area contributed by atoms with Crippen LogP contribution in [0.1, 0.15) is 17.2 Å². The summed E-state index contributed by atoms with van der Waals surface area (Å²) in [6.45, 7) is 1.30. The Balaban J connectivity index is 1.90. The summed E-state index contributed by atoms with van der Waals surface area (Å²) >= 11 is 0. The van der Waals surface area contributed by atoms with Crippen molar-refractivity contribution in [1.29, 1.82) is 0 Å². The van der Waals surface area contributed by atoms with Crippen molar-refractivity contribution in [2.24, 2.45) is 0 Å². The van der Waals surface area contributed by atoms with Crippen LogP contribution in [0.25, 0.3) is 0 Å². The van der Waals surface area contributed by atoms with E-state index in [4.69, 9.17) is 8.92 Å². The minimum Gasteiger partial charge on any atom is -0.497 e.